The Morgan fingerprint density at radius 3 is 2.76 bits per heavy atom. The maximum atomic E-state index is 13.6. The van der Waals surface area contributed by atoms with Crippen LogP contribution in [0.5, 0.6) is 0 Å². The summed E-state index contributed by atoms with van der Waals surface area (Å²) < 4.78 is 13.6. The highest BCUT2D eigenvalue weighted by Gasteiger charge is 2.16. The van der Waals surface area contributed by atoms with Crippen LogP contribution in [0.15, 0.2) is 12.1 Å². The number of carbonyl (C=O) groups is 1. The predicted octanol–water partition coefficient (Wildman–Crippen LogP) is 2.50. The minimum atomic E-state index is -0.560. The third-order valence-electron chi connectivity index (χ3n) is 2.97. The van der Waals surface area contributed by atoms with Gasteiger partial charge in [0.1, 0.15) is 11.6 Å². The number of rotatable bonds is 3. The molecular weight excluding hydrogens is 273 g/mol. The first-order valence-corrected chi connectivity index (χ1v) is 6.36. The van der Waals surface area contributed by atoms with Gasteiger partial charge in [0.25, 0.3) is 5.91 Å². The van der Waals surface area contributed by atoms with E-state index in [1.165, 1.54) is 13.0 Å². The zero-order chi connectivity index (χ0) is 15.6. The smallest absolute Gasteiger partial charge is 0.295 e. The van der Waals surface area contributed by atoms with Gasteiger partial charge < -0.3 is 5.32 Å². The van der Waals surface area contributed by atoms with Crippen molar-refractivity contribution in [1.29, 1.82) is 5.26 Å². The molecule has 2 rings (SSSR count). The summed E-state index contributed by atoms with van der Waals surface area (Å²) in [5.74, 6) is -0.437. The number of amides is 1. The molecule has 0 unspecified atom stereocenters. The quantitative estimate of drug-likeness (QED) is 0.906. The summed E-state index contributed by atoms with van der Waals surface area (Å²) in [5.41, 5.74) is 0.612. The third-order valence-corrected chi connectivity index (χ3v) is 2.97. The average molecular weight is 287 g/mol. The Morgan fingerprint density at radius 2 is 2.19 bits per heavy atom. The number of aromatic nitrogens is 3. The van der Waals surface area contributed by atoms with Crippen LogP contribution < -0.4 is 5.32 Å². The lowest BCUT2D eigenvalue weighted by Gasteiger charge is -2.08. The normalized spacial score (nSPS) is 10.5. The van der Waals surface area contributed by atoms with Crippen LogP contribution in [0.25, 0.3) is 0 Å². The van der Waals surface area contributed by atoms with Crippen molar-refractivity contribution in [2.45, 2.75) is 26.7 Å². The number of halogens is 1. The van der Waals surface area contributed by atoms with Gasteiger partial charge in [0.15, 0.2) is 0 Å². The van der Waals surface area contributed by atoms with E-state index in [1.54, 1.807) is 0 Å². The van der Waals surface area contributed by atoms with Gasteiger partial charge in [-0.1, -0.05) is 13.8 Å². The highest BCUT2D eigenvalue weighted by atomic mass is 19.1. The average Bonchev–Trinajstić information content (AvgIpc) is 2.93. The SMILES string of the molecule is Cc1c(F)cc(C#N)cc1NC(=O)c1n[nH]c(C(C)C)n1. The molecule has 0 aliphatic rings. The zero-order valence-electron chi connectivity index (χ0n) is 11.9. The first-order chi connectivity index (χ1) is 9.92. The molecule has 1 aromatic carbocycles. The van der Waals surface area contributed by atoms with Crippen LogP contribution in [0.2, 0.25) is 0 Å². The largest absolute Gasteiger partial charge is 0.319 e. The molecule has 1 amide bonds. The van der Waals surface area contributed by atoms with Gasteiger partial charge in [-0.15, -0.1) is 5.10 Å². The number of hydrogen-bond donors (Lipinski definition) is 2. The summed E-state index contributed by atoms with van der Waals surface area (Å²) in [6.07, 6.45) is 0. The lowest BCUT2D eigenvalue weighted by Crippen LogP contribution is -2.15. The first kappa shape index (κ1) is 14.7. The van der Waals surface area contributed by atoms with Crippen LogP contribution in [0.4, 0.5) is 10.1 Å². The second-order valence-corrected chi connectivity index (χ2v) is 4.90. The number of nitriles is 1. The fourth-order valence-electron chi connectivity index (χ4n) is 1.69. The number of carbonyl (C=O) groups excluding carboxylic acids is 1. The van der Waals surface area contributed by atoms with Crippen molar-refractivity contribution in [3.63, 3.8) is 0 Å². The van der Waals surface area contributed by atoms with Gasteiger partial charge in [-0.2, -0.15) is 5.26 Å². The molecule has 0 fully saturated rings. The van der Waals surface area contributed by atoms with E-state index in [0.717, 1.165) is 6.07 Å². The minimum Gasteiger partial charge on any atom is -0.319 e. The molecule has 0 spiro atoms. The molecule has 6 nitrogen and oxygen atoms in total. The van der Waals surface area contributed by atoms with E-state index in [1.807, 2.05) is 19.9 Å². The number of aromatic amines is 1. The van der Waals surface area contributed by atoms with Crippen LogP contribution in [0, 0.1) is 24.1 Å². The van der Waals surface area contributed by atoms with Gasteiger partial charge in [-0.3, -0.25) is 9.89 Å². The number of anilines is 1. The molecule has 108 valence electrons. The fourth-order valence-corrected chi connectivity index (χ4v) is 1.69. The molecule has 1 heterocycles. The van der Waals surface area contributed by atoms with Crippen LogP contribution in [-0.4, -0.2) is 21.1 Å². The maximum Gasteiger partial charge on any atom is 0.295 e. The number of H-pyrrole nitrogens is 1. The monoisotopic (exact) mass is 287 g/mol. The predicted molar refractivity (Wildman–Crippen MR) is 74.3 cm³/mol. The molecule has 2 aromatic rings. The highest BCUT2D eigenvalue weighted by Crippen LogP contribution is 2.21. The molecule has 0 radical (unpaired) electrons. The lowest BCUT2D eigenvalue weighted by atomic mass is 10.1. The van der Waals surface area contributed by atoms with Crippen molar-refractivity contribution in [3.8, 4) is 6.07 Å². The molecule has 21 heavy (non-hydrogen) atoms. The third kappa shape index (κ3) is 3.05. The van der Waals surface area contributed by atoms with Gasteiger partial charge >= 0.3 is 0 Å². The van der Waals surface area contributed by atoms with E-state index >= 15 is 0 Å². The van der Waals surface area contributed by atoms with E-state index in [9.17, 15) is 9.18 Å². The summed E-state index contributed by atoms with van der Waals surface area (Å²) in [6, 6.07) is 4.37. The number of hydrogen-bond acceptors (Lipinski definition) is 4. The summed E-state index contributed by atoms with van der Waals surface area (Å²) in [7, 11) is 0. The summed E-state index contributed by atoms with van der Waals surface area (Å²) in [4.78, 5) is 16.1. The van der Waals surface area contributed by atoms with Gasteiger partial charge in [-0.05, 0) is 19.1 Å². The standard InChI is InChI=1S/C14H14FN5O/c1-7(2)12-18-13(20-19-12)14(21)17-11-5-9(6-16)4-10(15)8(11)3/h4-5,7H,1-3H3,(H,17,21)(H,18,19,20). The molecule has 0 atom stereocenters. The van der Waals surface area contributed by atoms with Crippen molar-refractivity contribution in [1.82, 2.24) is 15.2 Å². The Labute approximate surface area is 121 Å². The van der Waals surface area contributed by atoms with E-state index in [4.69, 9.17) is 5.26 Å². The lowest BCUT2D eigenvalue weighted by molar-refractivity contribution is 0.101. The Morgan fingerprint density at radius 1 is 1.48 bits per heavy atom. The van der Waals surface area contributed by atoms with E-state index < -0.39 is 11.7 Å². The second-order valence-electron chi connectivity index (χ2n) is 4.90. The highest BCUT2D eigenvalue weighted by molar-refractivity contribution is 6.02. The summed E-state index contributed by atoms with van der Waals surface area (Å²) in [6.45, 7) is 5.35. The van der Waals surface area contributed by atoms with Crippen molar-refractivity contribution < 1.29 is 9.18 Å². The number of benzene rings is 1. The van der Waals surface area contributed by atoms with Crippen LogP contribution in [-0.2, 0) is 0 Å². The Hall–Kier alpha value is -2.75. The Kier molecular flexibility index (Phi) is 3.98. The minimum absolute atomic E-state index is 0.0270. The second kappa shape index (κ2) is 5.71. The maximum absolute atomic E-state index is 13.6. The Bertz CT molecular complexity index is 729. The molecule has 0 bridgehead atoms. The van der Waals surface area contributed by atoms with Crippen molar-refractivity contribution in [2.75, 3.05) is 5.32 Å². The number of nitrogens with zero attached hydrogens (tertiary/aromatic N) is 3. The molecule has 0 saturated heterocycles. The van der Waals surface area contributed by atoms with E-state index in [-0.39, 0.29) is 28.6 Å². The van der Waals surface area contributed by atoms with Crippen LogP contribution in [0.1, 0.15) is 47.3 Å². The van der Waals surface area contributed by atoms with Crippen LogP contribution in [0.3, 0.4) is 0 Å². The van der Waals surface area contributed by atoms with Gasteiger partial charge in [0.2, 0.25) is 5.82 Å². The molecule has 0 aliphatic carbocycles. The summed E-state index contributed by atoms with van der Waals surface area (Å²) >= 11 is 0. The molecule has 0 aliphatic heterocycles. The first-order valence-electron chi connectivity index (χ1n) is 6.36. The molecular formula is C14H14FN5O. The van der Waals surface area contributed by atoms with E-state index in [2.05, 4.69) is 20.5 Å². The van der Waals surface area contributed by atoms with Gasteiger partial charge in [0, 0.05) is 17.2 Å². The van der Waals surface area contributed by atoms with Crippen molar-refractivity contribution in [3.05, 3.63) is 40.7 Å². The van der Waals surface area contributed by atoms with E-state index in [0.29, 0.717) is 5.82 Å². The topological polar surface area (TPSA) is 94.5 Å². The molecule has 1 aromatic heterocycles. The molecule has 2 N–H and O–H groups in total. The van der Waals surface area contributed by atoms with Crippen LogP contribution >= 0.6 is 0 Å². The molecule has 7 heteroatoms. The fraction of sp³-hybridized carbons (Fsp3) is 0.286. The van der Waals surface area contributed by atoms with Gasteiger partial charge in [0.05, 0.1) is 11.6 Å². The van der Waals surface area contributed by atoms with Crippen molar-refractivity contribution >= 4 is 11.6 Å². The Balaban J connectivity index is 2.27. The van der Waals surface area contributed by atoms with Gasteiger partial charge in [-0.25, -0.2) is 9.37 Å². The number of nitrogens with one attached hydrogen (secondary N) is 2. The zero-order valence-corrected chi connectivity index (χ0v) is 11.9. The molecule has 0 saturated carbocycles. The van der Waals surface area contributed by atoms with Crippen molar-refractivity contribution in [2.24, 2.45) is 0 Å². The summed E-state index contributed by atoms with van der Waals surface area (Å²) in [5, 5.41) is 17.8.